The number of nitrogens with zero attached hydrogens (tertiary/aromatic N) is 6. The van der Waals surface area contributed by atoms with Crippen LogP contribution in [0, 0.1) is 12.3 Å². The van der Waals surface area contributed by atoms with Crippen LogP contribution in [0.5, 0.6) is 5.75 Å². The Hall–Kier alpha value is -4.15. The minimum absolute atomic E-state index is 0.0310. The maximum absolute atomic E-state index is 14.2. The summed E-state index contributed by atoms with van der Waals surface area (Å²) in [5.41, 5.74) is 2.73. The van der Waals surface area contributed by atoms with E-state index >= 15 is 0 Å². The van der Waals surface area contributed by atoms with Crippen LogP contribution in [0.3, 0.4) is 0 Å². The average Bonchev–Trinajstić information content (AvgIpc) is 3.59. The molecule has 234 valence electrons. The highest BCUT2D eigenvalue weighted by atomic mass is 32.1. The molecule has 1 spiro atoms. The molecule has 0 saturated carbocycles. The molecule has 4 heterocycles. The van der Waals surface area contributed by atoms with E-state index in [-0.39, 0.29) is 17.2 Å². The summed E-state index contributed by atoms with van der Waals surface area (Å²) < 4.78 is 6.57. The molecular weight excluding hydrogens is 584 g/mol. The molecule has 0 aliphatic carbocycles. The Morgan fingerprint density at radius 3 is 2.44 bits per heavy atom. The second-order valence-corrected chi connectivity index (χ2v) is 13.1. The number of benzene rings is 2. The fraction of sp³-hybridized carbons (Fsp3) is 0.400. The third-order valence-electron chi connectivity index (χ3n) is 8.98. The number of thiazole rings is 1. The fourth-order valence-corrected chi connectivity index (χ4v) is 6.93. The molecule has 10 heteroatoms. The lowest BCUT2D eigenvalue weighted by atomic mass is 9.75. The molecule has 6 rings (SSSR count). The van der Waals surface area contributed by atoms with E-state index in [1.807, 2.05) is 70.8 Å². The number of para-hydroxylation sites is 1. The lowest BCUT2D eigenvalue weighted by Crippen LogP contribution is -2.46. The average molecular weight is 625 g/mol. The predicted octanol–water partition coefficient (Wildman–Crippen LogP) is 5.48. The Morgan fingerprint density at radius 1 is 0.889 bits per heavy atom. The lowest BCUT2D eigenvalue weighted by Gasteiger charge is -2.42. The number of carbonyl (C=O) groups excluding carboxylic acids is 2. The zero-order valence-corrected chi connectivity index (χ0v) is 26.6. The molecule has 1 fully saturated rings. The van der Waals surface area contributed by atoms with Crippen LogP contribution in [0.1, 0.15) is 62.8 Å². The fourth-order valence-electron chi connectivity index (χ4n) is 6.27. The standard InChI is InChI=1S/C35H40N6O3S/c1-27-22-38-30(23-37-27)34(43)40-17-13-35(14-18-40)12-7-16-39(25-32-36-15-21-45-32)19-20-41(24-28-8-3-2-4-9-28)33(42)29-10-5-6-11-31(29)44-26-35/h2-6,8-11,15,21-23H,7,12-14,16-20,24-26H2,1H3. The molecule has 0 atom stereocenters. The number of amides is 2. The third kappa shape index (κ3) is 7.75. The van der Waals surface area contributed by atoms with Crippen molar-refractivity contribution < 1.29 is 14.3 Å². The molecule has 2 aliphatic heterocycles. The van der Waals surface area contributed by atoms with Crippen molar-refractivity contribution in [3.8, 4) is 5.75 Å². The summed E-state index contributed by atoms with van der Waals surface area (Å²) in [5.74, 6) is 0.510. The first-order valence-corrected chi connectivity index (χ1v) is 16.6. The summed E-state index contributed by atoms with van der Waals surface area (Å²) in [4.78, 5) is 46.8. The molecule has 2 aliphatic rings. The van der Waals surface area contributed by atoms with Crippen molar-refractivity contribution in [2.24, 2.45) is 5.41 Å². The maximum atomic E-state index is 14.2. The second-order valence-electron chi connectivity index (χ2n) is 12.1. The van der Waals surface area contributed by atoms with Gasteiger partial charge in [-0.1, -0.05) is 42.5 Å². The molecule has 9 nitrogen and oxygen atoms in total. The van der Waals surface area contributed by atoms with Gasteiger partial charge in [-0.05, 0) is 56.8 Å². The van der Waals surface area contributed by atoms with Crippen LogP contribution in [-0.4, -0.2) is 80.8 Å². The van der Waals surface area contributed by atoms with Crippen LogP contribution in [0.15, 0.2) is 78.6 Å². The van der Waals surface area contributed by atoms with Gasteiger partial charge in [-0.25, -0.2) is 9.97 Å². The molecule has 2 aromatic heterocycles. The number of ether oxygens (including phenoxy) is 1. The summed E-state index contributed by atoms with van der Waals surface area (Å²) in [5, 5.41) is 3.09. The first-order chi connectivity index (χ1) is 22.0. The van der Waals surface area contributed by atoms with Gasteiger partial charge < -0.3 is 14.5 Å². The van der Waals surface area contributed by atoms with Gasteiger partial charge in [-0.2, -0.15) is 0 Å². The Kier molecular flexibility index (Phi) is 9.81. The number of likely N-dealkylation sites (tertiary alicyclic amines) is 1. The molecule has 0 N–H and O–H groups in total. The van der Waals surface area contributed by atoms with Gasteiger partial charge in [-0.15, -0.1) is 11.3 Å². The van der Waals surface area contributed by atoms with Gasteiger partial charge in [0.25, 0.3) is 11.8 Å². The summed E-state index contributed by atoms with van der Waals surface area (Å²) in [6.45, 7) is 7.13. The SMILES string of the molecule is Cc1cnc(C(=O)N2CCC3(CCCN(Cc4nccs4)CCN(Cc4ccccc4)C(=O)c4ccccc4OC3)CC2)cn1. The Labute approximate surface area is 268 Å². The van der Waals surface area contributed by atoms with Crippen LogP contribution in [0.2, 0.25) is 0 Å². The molecule has 2 amide bonds. The highest BCUT2D eigenvalue weighted by Crippen LogP contribution is 2.38. The van der Waals surface area contributed by atoms with Gasteiger partial charge in [0.2, 0.25) is 0 Å². The quantitative estimate of drug-likeness (QED) is 0.290. The van der Waals surface area contributed by atoms with Crippen molar-refractivity contribution in [1.82, 2.24) is 29.7 Å². The summed E-state index contributed by atoms with van der Waals surface area (Å²) in [6.07, 6.45) is 8.65. The van der Waals surface area contributed by atoms with Crippen molar-refractivity contribution >= 4 is 23.2 Å². The van der Waals surface area contributed by atoms with Crippen molar-refractivity contribution in [3.05, 3.63) is 106 Å². The van der Waals surface area contributed by atoms with Crippen LogP contribution in [0.4, 0.5) is 0 Å². The molecule has 0 bridgehead atoms. The van der Waals surface area contributed by atoms with E-state index in [9.17, 15) is 9.59 Å². The van der Waals surface area contributed by atoms with Gasteiger partial charge in [0, 0.05) is 55.9 Å². The minimum atomic E-state index is -0.115. The number of rotatable bonds is 5. The number of carbonyl (C=O) groups is 2. The van der Waals surface area contributed by atoms with Crippen LogP contribution < -0.4 is 4.74 Å². The molecule has 0 radical (unpaired) electrons. The lowest BCUT2D eigenvalue weighted by molar-refractivity contribution is 0.0345. The van der Waals surface area contributed by atoms with Crippen molar-refractivity contribution in [2.75, 3.05) is 39.3 Å². The van der Waals surface area contributed by atoms with Gasteiger partial charge in [-0.3, -0.25) is 19.5 Å². The number of aromatic nitrogens is 3. The number of piperidine rings is 1. The van der Waals surface area contributed by atoms with E-state index in [2.05, 4.69) is 32.0 Å². The van der Waals surface area contributed by atoms with Crippen LogP contribution in [0.25, 0.3) is 0 Å². The summed E-state index contributed by atoms with van der Waals surface area (Å²) in [7, 11) is 0. The first-order valence-electron chi connectivity index (χ1n) is 15.7. The normalized spacial score (nSPS) is 17.9. The Morgan fingerprint density at radius 2 is 1.69 bits per heavy atom. The number of fused-ring (bicyclic) bond motifs is 1. The Balaban J connectivity index is 1.24. The molecule has 45 heavy (non-hydrogen) atoms. The van der Waals surface area contributed by atoms with E-state index in [1.54, 1.807) is 23.7 Å². The largest absolute Gasteiger partial charge is 0.492 e. The number of hydrogen-bond donors (Lipinski definition) is 0. The van der Waals surface area contributed by atoms with E-state index < -0.39 is 0 Å². The zero-order chi connectivity index (χ0) is 31.1. The smallest absolute Gasteiger partial charge is 0.274 e. The van der Waals surface area contributed by atoms with Gasteiger partial charge in [0.15, 0.2) is 0 Å². The Bertz CT molecular complexity index is 1560. The number of aryl methyl sites for hydroxylation is 1. The molecule has 1 saturated heterocycles. The van der Waals surface area contributed by atoms with E-state index in [4.69, 9.17) is 4.74 Å². The molecule has 0 unspecified atom stereocenters. The highest BCUT2D eigenvalue weighted by molar-refractivity contribution is 7.09. The number of hydrogen-bond acceptors (Lipinski definition) is 8. The minimum Gasteiger partial charge on any atom is -0.492 e. The topological polar surface area (TPSA) is 91.8 Å². The second kappa shape index (κ2) is 14.3. The van der Waals surface area contributed by atoms with E-state index in [1.165, 1.54) is 0 Å². The van der Waals surface area contributed by atoms with Crippen molar-refractivity contribution in [1.29, 1.82) is 0 Å². The van der Waals surface area contributed by atoms with E-state index in [0.29, 0.717) is 49.8 Å². The summed E-state index contributed by atoms with van der Waals surface area (Å²) >= 11 is 1.67. The van der Waals surface area contributed by atoms with Gasteiger partial charge >= 0.3 is 0 Å². The zero-order valence-electron chi connectivity index (χ0n) is 25.8. The predicted molar refractivity (Wildman–Crippen MR) is 174 cm³/mol. The molecular formula is C35H40N6O3S. The van der Waals surface area contributed by atoms with Crippen LogP contribution in [-0.2, 0) is 13.1 Å². The van der Waals surface area contributed by atoms with Crippen LogP contribution >= 0.6 is 11.3 Å². The van der Waals surface area contributed by atoms with Crippen molar-refractivity contribution in [2.45, 2.75) is 45.7 Å². The molecule has 2 aromatic carbocycles. The molecule has 4 aromatic rings. The highest BCUT2D eigenvalue weighted by Gasteiger charge is 2.37. The first kappa shape index (κ1) is 30.9. The van der Waals surface area contributed by atoms with Gasteiger partial charge in [0.1, 0.15) is 16.5 Å². The van der Waals surface area contributed by atoms with Gasteiger partial charge in [0.05, 0.1) is 30.6 Å². The van der Waals surface area contributed by atoms with E-state index in [0.717, 1.165) is 61.6 Å². The third-order valence-corrected chi connectivity index (χ3v) is 9.74. The summed E-state index contributed by atoms with van der Waals surface area (Å²) in [6, 6.07) is 17.8. The monoisotopic (exact) mass is 624 g/mol. The maximum Gasteiger partial charge on any atom is 0.274 e. The van der Waals surface area contributed by atoms with Crippen molar-refractivity contribution in [3.63, 3.8) is 0 Å².